The van der Waals surface area contributed by atoms with Crippen molar-refractivity contribution in [2.75, 3.05) is 30.4 Å². The average molecular weight is 411 g/mol. The maximum absolute atomic E-state index is 15.2. The number of aryl methyl sites for hydroxylation is 2. The number of halogens is 2. The summed E-state index contributed by atoms with van der Waals surface area (Å²) in [6.07, 6.45) is 2.76. The van der Waals surface area contributed by atoms with E-state index in [-0.39, 0.29) is 5.82 Å². The maximum atomic E-state index is 15.2. The fourth-order valence-electron chi connectivity index (χ4n) is 4.24. The van der Waals surface area contributed by atoms with Crippen LogP contribution < -0.4 is 15.5 Å². The molecule has 0 unspecified atom stereocenters. The van der Waals surface area contributed by atoms with Gasteiger partial charge in [0.15, 0.2) is 11.6 Å². The molecule has 7 nitrogen and oxygen atoms in total. The zero-order chi connectivity index (χ0) is 21.0. The van der Waals surface area contributed by atoms with Crippen LogP contribution in [0.25, 0.3) is 21.8 Å². The monoisotopic (exact) mass is 411 g/mol. The predicted molar refractivity (Wildman–Crippen MR) is 114 cm³/mol. The Bertz CT molecular complexity index is 1260. The zero-order valence-electron chi connectivity index (χ0n) is 17.1. The van der Waals surface area contributed by atoms with Gasteiger partial charge in [-0.05, 0) is 37.7 Å². The Hall–Kier alpha value is -3.20. The summed E-state index contributed by atoms with van der Waals surface area (Å²) in [5.41, 5.74) is 2.32. The highest BCUT2D eigenvalue weighted by atomic mass is 19.1. The zero-order valence-corrected chi connectivity index (χ0v) is 17.1. The van der Waals surface area contributed by atoms with E-state index >= 15 is 4.39 Å². The highest BCUT2D eigenvalue weighted by Gasteiger charge is 2.24. The third-order valence-corrected chi connectivity index (χ3v) is 5.79. The summed E-state index contributed by atoms with van der Waals surface area (Å²) >= 11 is 0. The third kappa shape index (κ3) is 3.06. The van der Waals surface area contributed by atoms with Gasteiger partial charge in [-0.2, -0.15) is 10.2 Å². The second-order valence-corrected chi connectivity index (χ2v) is 7.84. The van der Waals surface area contributed by atoms with E-state index in [0.717, 1.165) is 25.2 Å². The van der Waals surface area contributed by atoms with Gasteiger partial charge in [-0.15, -0.1) is 0 Å². The van der Waals surface area contributed by atoms with Crippen LogP contribution in [0.15, 0.2) is 30.5 Å². The lowest BCUT2D eigenvalue weighted by Crippen LogP contribution is -2.29. The lowest BCUT2D eigenvalue weighted by molar-refractivity contribution is 0.616. The third-order valence-electron chi connectivity index (χ3n) is 5.79. The lowest BCUT2D eigenvalue weighted by atomic mass is 10.2. The van der Waals surface area contributed by atoms with Crippen molar-refractivity contribution in [3.8, 4) is 0 Å². The Morgan fingerprint density at radius 2 is 1.90 bits per heavy atom. The van der Waals surface area contributed by atoms with Crippen molar-refractivity contribution < 1.29 is 8.78 Å². The Balaban J connectivity index is 1.53. The molecule has 0 aliphatic carbocycles. The van der Waals surface area contributed by atoms with E-state index in [1.165, 1.54) is 6.07 Å². The number of aromatic nitrogens is 4. The summed E-state index contributed by atoms with van der Waals surface area (Å²) in [5, 5.41) is 16.0. The van der Waals surface area contributed by atoms with Crippen molar-refractivity contribution in [1.29, 1.82) is 0 Å². The van der Waals surface area contributed by atoms with Crippen molar-refractivity contribution in [3.05, 3.63) is 42.1 Å². The summed E-state index contributed by atoms with van der Waals surface area (Å²) in [7, 11) is 5.47. The van der Waals surface area contributed by atoms with Crippen molar-refractivity contribution >= 4 is 39.0 Å². The van der Waals surface area contributed by atoms with Gasteiger partial charge < -0.3 is 15.5 Å². The molecule has 1 aliphatic heterocycles. The number of anilines is 3. The van der Waals surface area contributed by atoms with Crippen LogP contribution in [0.1, 0.15) is 6.42 Å². The molecule has 1 fully saturated rings. The first-order valence-corrected chi connectivity index (χ1v) is 9.91. The van der Waals surface area contributed by atoms with E-state index in [0.29, 0.717) is 39.4 Å². The van der Waals surface area contributed by atoms with Gasteiger partial charge in [0, 0.05) is 56.2 Å². The summed E-state index contributed by atoms with van der Waals surface area (Å²) in [5.74, 6) is -0.436. The molecular weight excluding hydrogens is 388 g/mol. The first-order chi connectivity index (χ1) is 14.4. The molecule has 0 saturated carbocycles. The summed E-state index contributed by atoms with van der Waals surface area (Å²) in [4.78, 5) is 2.18. The van der Waals surface area contributed by atoms with Crippen molar-refractivity contribution in [2.45, 2.75) is 12.5 Å². The largest absolute Gasteiger partial charge is 0.370 e. The smallest absolute Gasteiger partial charge is 0.163 e. The first-order valence-electron chi connectivity index (χ1n) is 9.91. The highest BCUT2D eigenvalue weighted by Crippen LogP contribution is 2.33. The Morgan fingerprint density at radius 1 is 1.07 bits per heavy atom. The minimum atomic E-state index is -0.438. The molecule has 2 aromatic heterocycles. The minimum absolute atomic E-state index is 0.301. The molecule has 1 atom stereocenters. The van der Waals surface area contributed by atoms with Crippen LogP contribution in [0.5, 0.6) is 0 Å². The quantitative estimate of drug-likeness (QED) is 0.540. The molecule has 0 radical (unpaired) electrons. The van der Waals surface area contributed by atoms with E-state index in [1.807, 2.05) is 13.1 Å². The normalized spacial score (nSPS) is 16.8. The average Bonchev–Trinajstić information content (AvgIpc) is 3.39. The summed E-state index contributed by atoms with van der Waals surface area (Å²) in [6.45, 7) is 1.72. The van der Waals surface area contributed by atoms with Gasteiger partial charge in [-0.1, -0.05) is 0 Å². The van der Waals surface area contributed by atoms with Crippen LogP contribution in [-0.2, 0) is 14.1 Å². The van der Waals surface area contributed by atoms with Gasteiger partial charge >= 0.3 is 0 Å². The number of benzene rings is 2. The molecule has 0 bridgehead atoms. The number of likely N-dealkylation sites (N-methyl/N-ethyl adjacent to an activating group) is 1. The van der Waals surface area contributed by atoms with E-state index in [2.05, 4.69) is 25.7 Å². The molecule has 2 N–H and O–H groups in total. The molecule has 1 saturated heterocycles. The molecule has 9 heteroatoms. The molecule has 0 spiro atoms. The molecule has 5 rings (SSSR count). The minimum Gasteiger partial charge on any atom is -0.370 e. The number of nitrogens with zero attached hydrogens (tertiary/aromatic N) is 5. The fraction of sp³-hybridized carbons (Fsp3) is 0.333. The van der Waals surface area contributed by atoms with Crippen molar-refractivity contribution in [3.63, 3.8) is 0 Å². The molecule has 3 heterocycles. The van der Waals surface area contributed by atoms with Crippen LogP contribution in [0.4, 0.5) is 26.0 Å². The molecule has 4 aromatic rings. The van der Waals surface area contributed by atoms with Gasteiger partial charge in [0.1, 0.15) is 11.3 Å². The second-order valence-electron chi connectivity index (χ2n) is 7.84. The van der Waals surface area contributed by atoms with Gasteiger partial charge in [0.05, 0.1) is 10.9 Å². The van der Waals surface area contributed by atoms with Crippen molar-refractivity contribution in [2.24, 2.45) is 14.1 Å². The predicted octanol–water partition coefficient (Wildman–Crippen LogP) is 3.28. The topological polar surface area (TPSA) is 62.9 Å². The van der Waals surface area contributed by atoms with Crippen LogP contribution in [0.2, 0.25) is 0 Å². The van der Waals surface area contributed by atoms with Gasteiger partial charge in [0.25, 0.3) is 0 Å². The first kappa shape index (κ1) is 18.8. The van der Waals surface area contributed by atoms with Crippen LogP contribution >= 0.6 is 0 Å². The van der Waals surface area contributed by atoms with Gasteiger partial charge in [-0.25, -0.2) is 8.78 Å². The van der Waals surface area contributed by atoms with E-state index in [9.17, 15) is 4.39 Å². The number of fused-ring (bicyclic) bond motifs is 2. The highest BCUT2D eigenvalue weighted by molar-refractivity contribution is 5.95. The van der Waals surface area contributed by atoms with Gasteiger partial charge in [0.2, 0.25) is 0 Å². The second kappa shape index (κ2) is 6.94. The van der Waals surface area contributed by atoms with Crippen LogP contribution in [-0.4, -0.2) is 45.7 Å². The maximum Gasteiger partial charge on any atom is 0.163 e. The number of hydrogen-bond acceptors (Lipinski definition) is 5. The Kier molecular flexibility index (Phi) is 4.35. The number of rotatable bonds is 4. The van der Waals surface area contributed by atoms with Crippen LogP contribution in [0, 0.1) is 11.6 Å². The molecule has 0 amide bonds. The van der Waals surface area contributed by atoms with E-state index < -0.39 is 5.82 Å². The van der Waals surface area contributed by atoms with Crippen LogP contribution in [0.3, 0.4) is 0 Å². The lowest BCUT2D eigenvalue weighted by Gasteiger charge is -2.19. The molecule has 1 aliphatic rings. The molecule has 2 aromatic carbocycles. The number of nitrogens with one attached hydrogen (secondary N) is 2. The summed E-state index contributed by atoms with van der Waals surface area (Å²) in [6, 6.07) is 7.05. The van der Waals surface area contributed by atoms with Crippen molar-refractivity contribution in [1.82, 2.24) is 24.9 Å². The Labute approximate surface area is 172 Å². The molecular formula is C21H23F2N7. The van der Waals surface area contributed by atoms with Gasteiger partial charge in [-0.3, -0.25) is 9.36 Å². The SMILES string of the molecule is CN[C@H]1CCN(c2cc(F)c3c(Nc4cc(F)c5nn(C)cc5c4)nn(C)c3c2)C1. The summed E-state index contributed by atoms with van der Waals surface area (Å²) < 4.78 is 32.8. The molecule has 30 heavy (non-hydrogen) atoms. The fourth-order valence-corrected chi connectivity index (χ4v) is 4.24. The van der Waals surface area contributed by atoms with E-state index in [4.69, 9.17) is 0 Å². The standard InChI is InChI=1S/C21H23F2N7/c1-24-13-4-5-30(11-13)15-8-16(22)19-18(9-15)29(3)27-21(19)25-14-6-12-10-28(2)26-20(12)17(23)7-14/h6-10,13,24H,4-5,11H2,1-3H3,(H,25,27)/t13-/m0/s1. The Morgan fingerprint density at radius 3 is 2.67 bits per heavy atom. The number of hydrogen-bond donors (Lipinski definition) is 2. The molecule has 156 valence electrons. The van der Waals surface area contributed by atoms with E-state index in [1.54, 1.807) is 41.8 Å².